The van der Waals surface area contributed by atoms with Crippen LogP contribution in [0, 0.1) is 0 Å². The Balaban J connectivity index is 1.50. The summed E-state index contributed by atoms with van der Waals surface area (Å²) in [5, 5.41) is 6.50. The van der Waals surface area contributed by atoms with Gasteiger partial charge in [0.25, 0.3) is 0 Å². The first-order valence-electron chi connectivity index (χ1n) is 8.03. The maximum absolute atomic E-state index is 12.1. The average molecular weight is 343 g/mol. The fraction of sp³-hybridized carbons (Fsp3) is 0.263. The molecule has 2 aromatic rings. The van der Waals surface area contributed by atoms with Crippen LogP contribution in [0.25, 0.3) is 0 Å². The fourth-order valence-corrected chi connectivity index (χ4v) is 2.92. The van der Waals surface area contributed by atoms with Gasteiger partial charge in [-0.25, -0.2) is 0 Å². The number of rotatable bonds is 5. The van der Waals surface area contributed by atoms with Gasteiger partial charge in [0, 0.05) is 23.7 Å². The van der Waals surface area contributed by atoms with E-state index in [-0.39, 0.29) is 11.8 Å². The molecule has 0 atom stereocenters. The highest BCUT2D eigenvalue weighted by Crippen LogP contribution is 2.23. The van der Waals surface area contributed by atoms with E-state index in [2.05, 4.69) is 10.6 Å². The van der Waals surface area contributed by atoms with Crippen molar-refractivity contribution in [2.75, 3.05) is 11.9 Å². The van der Waals surface area contributed by atoms with Gasteiger partial charge < -0.3 is 10.6 Å². The van der Waals surface area contributed by atoms with Crippen molar-refractivity contribution < 1.29 is 9.59 Å². The lowest BCUT2D eigenvalue weighted by Crippen LogP contribution is -2.27. The van der Waals surface area contributed by atoms with Crippen molar-refractivity contribution in [2.45, 2.75) is 25.7 Å². The highest BCUT2D eigenvalue weighted by atomic mass is 35.5. The molecule has 3 rings (SSSR count). The molecule has 0 saturated heterocycles. The summed E-state index contributed by atoms with van der Waals surface area (Å²) in [6.45, 7) is 0.599. The van der Waals surface area contributed by atoms with Crippen LogP contribution in [0.4, 0.5) is 5.69 Å². The van der Waals surface area contributed by atoms with Gasteiger partial charge in [-0.05, 0) is 47.7 Å². The lowest BCUT2D eigenvalue weighted by molar-refractivity contribution is -0.120. The van der Waals surface area contributed by atoms with Gasteiger partial charge in [0.2, 0.25) is 11.8 Å². The first-order valence-corrected chi connectivity index (χ1v) is 8.41. The minimum Gasteiger partial charge on any atom is -0.355 e. The smallest absolute Gasteiger partial charge is 0.224 e. The third-order valence-electron chi connectivity index (χ3n) is 4.08. The van der Waals surface area contributed by atoms with Crippen LogP contribution in [0.3, 0.4) is 0 Å². The summed E-state index contributed by atoms with van der Waals surface area (Å²) < 4.78 is 0. The van der Waals surface area contributed by atoms with Crippen LogP contribution in [0.15, 0.2) is 42.5 Å². The van der Waals surface area contributed by atoms with Gasteiger partial charge in [-0.3, -0.25) is 9.59 Å². The number of aryl methyl sites for hydroxylation is 1. The zero-order valence-electron chi connectivity index (χ0n) is 13.3. The molecule has 0 fully saturated rings. The van der Waals surface area contributed by atoms with Gasteiger partial charge in [-0.15, -0.1) is 0 Å². The van der Waals surface area contributed by atoms with Crippen molar-refractivity contribution in [3.05, 3.63) is 64.2 Å². The molecular formula is C19H19ClN2O2. The quantitative estimate of drug-likeness (QED) is 0.877. The topological polar surface area (TPSA) is 58.2 Å². The molecule has 1 aliphatic rings. The number of amides is 2. The number of hydrogen-bond donors (Lipinski definition) is 2. The Bertz CT molecular complexity index is 756. The lowest BCUT2D eigenvalue weighted by Gasteiger charge is -2.17. The van der Waals surface area contributed by atoms with Crippen molar-refractivity contribution in [2.24, 2.45) is 0 Å². The maximum Gasteiger partial charge on any atom is 0.224 e. The molecule has 2 aromatic carbocycles. The lowest BCUT2D eigenvalue weighted by atomic mass is 9.99. The molecule has 124 valence electrons. The zero-order chi connectivity index (χ0) is 16.9. The highest BCUT2D eigenvalue weighted by Gasteiger charge is 2.15. The Labute approximate surface area is 146 Å². The largest absolute Gasteiger partial charge is 0.355 e. The molecule has 0 aromatic heterocycles. The summed E-state index contributed by atoms with van der Waals surface area (Å²) in [6.07, 6.45) is 2.36. The van der Waals surface area contributed by atoms with Crippen LogP contribution < -0.4 is 10.6 Å². The van der Waals surface area contributed by atoms with Crippen molar-refractivity contribution in [3.63, 3.8) is 0 Å². The van der Waals surface area contributed by atoms with E-state index < -0.39 is 0 Å². The van der Waals surface area contributed by atoms with E-state index in [0.717, 1.165) is 35.2 Å². The Morgan fingerprint density at radius 2 is 1.83 bits per heavy atom. The molecule has 0 saturated carbocycles. The van der Waals surface area contributed by atoms with Gasteiger partial charge in [0.1, 0.15) is 0 Å². The summed E-state index contributed by atoms with van der Waals surface area (Å²) >= 11 is 5.85. The Morgan fingerprint density at radius 1 is 1.08 bits per heavy atom. The molecule has 0 unspecified atom stereocenters. The van der Waals surface area contributed by atoms with Crippen molar-refractivity contribution in [1.29, 1.82) is 0 Å². The fourth-order valence-electron chi connectivity index (χ4n) is 2.79. The normalized spacial score (nSPS) is 13.1. The van der Waals surface area contributed by atoms with Crippen molar-refractivity contribution >= 4 is 29.1 Å². The average Bonchev–Trinajstić information content (AvgIpc) is 2.57. The monoisotopic (exact) mass is 342 g/mol. The van der Waals surface area contributed by atoms with Crippen LogP contribution in [0.2, 0.25) is 5.02 Å². The van der Waals surface area contributed by atoms with E-state index in [9.17, 15) is 9.59 Å². The first-order chi connectivity index (χ1) is 11.6. The van der Waals surface area contributed by atoms with E-state index in [1.165, 1.54) is 0 Å². The van der Waals surface area contributed by atoms with Crippen molar-refractivity contribution in [1.82, 2.24) is 5.32 Å². The summed E-state index contributed by atoms with van der Waals surface area (Å²) in [4.78, 5) is 23.4. The Morgan fingerprint density at radius 3 is 2.62 bits per heavy atom. The first kappa shape index (κ1) is 16.5. The molecule has 2 N–H and O–H groups in total. The number of anilines is 1. The molecule has 24 heavy (non-hydrogen) atoms. The molecular weight excluding hydrogens is 324 g/mol. The van der Waals surface area contributed by atoms with E-state index in [4.69, 9.17) is 11.6 Å². The number of carbonyl (C=O) groups excluding carboxylic acids is 2. The number of nitrogens with one attached hydrogen (secondary N) is 2. The standard InChI is InChI=1S/C19H19ClN2O2/c20-16-5-1-13(2-6-16)9-10-21-19(24)12-14-3-7-17-15(11-14)4-8-18(23)22-17/h1-3,5-7,11H,4,8-10,12H2,(H,21,24)(H,22,23). The second kappa shape index (κ2) is 7.49. The second-order valence-corrected chi connectivity index (χ2v) is 6.38. The number of fused-ring (bicyclic) bond motifs is 1. The van der Waals surface area contributed by atoms with E-state index in [1.54, 1.807) is 0 Å². The van der Waals surface area contributed by atoms with Crippen LogP contribution in [0.5, 0.6) is 0 Å². The van der Waals surface area contributed by atoms with E-state index in [0.29, 0.717) is 24.4 Å². The summed E-state index contributed by atoms with van der Waals surface area (Å²) in [5.74, 6) is 0.0546. The molecule has 4 nitrogen and oxygen atoms in total. The highest BCUT2D eigenvalue weighted by molar-refractivity contribution is 6.30. The number of benzene rings is 2. The molecule has 2 amide bonds. The minimum absolute atomic E-state index is 0.00348. The number of carbonyl (C=O) groups is 2. The molecule has 1 aliphatic heterocycles. The molecule has 0 radical (unpaired) electrons. The van der Waals surface area contributed by atoms with Gasteiger partial charge in [-0.1, -0.05) is 35.9 Å². The van der Waals surface area contributed by atoms with E-state index >= 15 is 0 Å². The number of hydrogen-bond acceptors (Lipinski definition) is 2. The molecule has 0 spiro atoms. The third-order valence-corrected chi connectivity index (χ3v) is 4.33. The number of halogens is 1. The SMILES string of the molecule is O=C(Cc1ccc2c(c1)CCC(=O)N2)NCCc1ccc(Cl)cc1. The summed E-state index contributed by atoms with van der Waals surface area (Å²) in [5.41, 5.74) is 4.07. The predicted octanol–water partition coefficient (Wildman–Crippen LogP) is 3.13. The Kier molecular flexibility index (Phi) is 5.16. The molecule has 1 heterocycles. The van der Waals surface area contributed by atoms with Gasteiger partial charge in [0.05, 0.1) is 6.42 Å². The maximum atomic E-state index is 12.1. The summed E-state index contributed by atoms with van der Waals surface area (Å²) in [6, 6.07) is 13.4. The van der Waals surface area contributed by atoms with Crippen LogP contribution in [-0.2, 0) is 28.9 Å². The van der Waals surface area contributed by atoms with Gasteiger partial charge >= 0.3 is 0 Å². The Hall–Kier alpha value is -2.33. The third kappa shape index (κ3) is 4.36. The van der Waals surface area contributed by atoms with Gasteiger partial charge in [0.15, 0.2) is 0 Å². The van der Waals surface area contributed by atoms with Crippen LogP contribution >= 0.6 is 11.6 Å². The second-order valence-electron chi connectivity index (χ2n) is 5.94. The minimum atomic E-state index is 0.00348. The van der Waals surface area contributed by atoms with Crippen molar-refractivity contribution in [3.8, 4) is 0 Å². The van der Waals surface area contributed by atoms with Gasteiger partial charge in [-0.2, -0.15) is 0 Å². The molecule has 0 bridgehead atoms. The van der Waals surface area contributed by atoms with Crippen LogP contribution in [0.1, 0.15) is 23.1 Å². The predicted molar refractivity (Wildman–Crippen MR) is 95.3 cm³/mol. The van der Waals surface area contributed by atoms with Crippen LogP contribution in [-0.4, -0.2) is 18.4 Å². The summed E-state index contributed by atoms with van der Waals surface area (Å²) in [7, 11) is 0. The van der Waals surface area contributed by atoms with E-state index in [1.807, 2.05) is 42.5 Å². The zero-order valence-corrected chi connectivity index (χ0v) is 14.0. The molecule has 0 aliphatic carbocycles. The molecule has 5 heteroatoms.